The second kappa shape index (κ2) is 8.40. The fraction of sp³-hybridized carbons (Fsp3) is 0.0500. The van der Waals surface area contributed by atoms with Crippen molar-refractivity contribution in [2.24, 2.45) is 0 Å². The first kappa shape index (κ1) is 17.8. The number of aromatic nitrogens is 1. The summed E-state index contributed by atoms with van der Waals surface area (Å²) in [6.07, 6.45) is 3.12. The van der Waals surface area contributed by atoms with E-state index in [0.29, 0.717) is 23.4 Å². The number of pyridine rings is 1. The Labute approximate surface area is 159 Å². The normalized spacial score (nSPS) is 10.2. The van der Waals surface area contributed by atoms with Crippen molar-refractivity contribution >= 4 is 33.4 Å². The molecule has 5 nitrogen and oxygen atoms in total. The third kappa shape index (κ3) is 4.34. The Bertz CT molecular complexity index is 929. The monoisotopic (exact) mass is 409 g/mol. The minimum atomic E-state index is -0.248. The van der Waals surface area contributed by atoms with Gasteiger partial charge >= 0.3 is 0 Å². The largest absolute Gasteiger partial charge is 0.348 e. The van der Waals surface area contributed by atoms with Crippen molar-refractivity contribution in [1.29, 1.82) is 0 Å². The summed E-state index contributed by atoms with van der Waals surface area (Å²) in [6, 6.07) is 18.0. The molecule has 0 unspecified atom stereocenters. The molecule has 1 aromatic heterocycles. The van der Waals surface area contributed by atoms with Crippen molar-refractivity contribution in [2.45, 2.75) is 6.54 Å². The highest BCUT2D eigenvalue weighted by Crippen LogP contribution is 2.18. The van der Waals surface area contributed by atoms with Crippen LogP contribution in [0.4, 0.5) is 5.69 Å². The van der Waals surface area contributed by atoms with Crippen LogP contribution in [0.25, 0.3) is 0 Å². The van der Waals surface area contributed by atoms with Crippen LogP contribution in [0.2, 0.25) is 0 Å². The molecule has 0 bridgehead atoms. The molecular weight excluding hydrogens is 394 g/mol. The zero-order chi connectivity index (χ0) is 18.4. The molecule has 6 heteroatoms. The Hall–Kier alpha value is -2.99. The van der Waals surface area contributed by atoms with Crippen LogP contribution in [0, 0.1) is 0 Å². The van der Waals surface area contributed by atoms with Crippen LogP contribution < -0.4 is 10.6 Å². The Morgan fingerprint density at radius 2 is 1.69 bits per heavy atom. The van der Waals surface area contributed by atoms with E-state index in [1.807, 2.05) is 36.4 Å². The van der Waals surface area contributed by atoms with Gasteiger partial charge in [-0.2, -0.15) is 0 Å². The van der Waals surface area contributed by atoms with E-state index in [2.05, 4.69) is 31.5 Å². The van der Waals surface area contributed by atoms with Crippen LogP contribution in [-0.2, 0) is 6.54 Å². The van der Waals surface area contributed by atoms with E-state index in [1.54, 1.807) is 30.5 Å². The number of nitrogens with one attached hydrogen (secondary N) is 2. The summed E-state index contributed by atoms with van der Waals surface area (Å²) in [5, 5.41) is 5.74. The zero-order valence-corrected chi connectivity index (χ0v) is 15.4. The van der Waals surface area contributed by atoms with Gasteiger partial charge in [0.2, 0.25) is 0 Å². The third-order valence-electron chi connectivity index (χ3n) is 3.75. The molecule has 0 atom stereocenters. The molecule has 0 aliphatic rings. The number of para-hydroxylation sites is 1. The topological polar surface area (TPSA) is 71.1 Å². The van der Waals surface area contributed by atoms with E-state index in [0.717, 1.165) is 10.0 Å². The molecule has 0 saturated heterocycles. The number of halogens is 1. The Balaban J connectivity index is 1.71. The van der Waals surface area contributed by atoms with E-state index in [4.69, 9.17) is 0 Å². The van der Waals surface area contributed by atoms with Gasteiger partial charge in [-0.25, -0.2) is 0 Å². The van der Waals surface area contributed by atoms with Crippen LogP contribution in [0.15, 0.2) is 77.5 Å². The lowest BCUT2D eigenvalue weighted by Gasteiger charge is -2.12. The van der Waals surface area contributed by atoms with E-state index >= 15 is 0 Å². The van der Waals surface area contributed by atoms with Gasteiger partial charge in [0, 0.05) is 29.1 Å². The maximum absolute atomic E-state index is 12.4. The van der Waals surface area contributed by atoms with Crippen LogP contribution in [0.1, 0.15) is 26.3 Å². The maximum Gasteiger partial charge on any atom is 0.257 e. The predicted octanol–water partition coefficient (Wildman–Crippen LogP) is 4.03. The lowest BCUT2D eigenvalue weighted by atomic mass is 10.1. The molecule has 26 heavy (non-hydrogen) atoms. The van der Waals surface area contributed by atoms with E-state index in [9.17, 15) is 9.59 Å². The molecule has 3 aromatic rings. The lowest BCUT2D eigenvalue weighted by Crippen LogP contribution is -2.24. The van der Waals surface area contributed by atoms with Gasteiger partial charge in [0.15, 0.2) is 0 Å². The van der Waals surface area contributed by atoms with E-state index in [1.165, 1.54) is 6.20 Å². The first-order valence-electron chi connectivity index (χ1n) is 7.97. The van der Waals surface area contributed by atoms with Crippen molar-refractivity contribution in [3.8, 4) is 0 Å². The minimum absolute atomic E-state index is 0.189. The Morgan fingerprint density at radius 3 is 2.46 bits per heavy atom. The molecule has 0 aliphatic heterocycles. The van der Waals surface area contributed by atoms with Crippen LogP contribution in [0.3, 0.4) is 0 Å². The number of amides is 2. The van der Waals surface area contributed by atoms with Crippen molar-refractivity contribution in [3.05, 3.63) is 94.2 Å². The van der Waals surface area contributed by atoms with Gasteiger partial charge in [0.25, 0.3) is 11.8 Å². The fourth-order valence-corrected chi connectivity index (χ4v) is 2.87. The fourth-order valence-electron chi connectivity index (χ4n) is 2.40. The van der Waals surface area contributed by atoms with Crippen molar-refractivity contribution < 1.29 is 9.59 Å². The highest BCUT2D eigenvalue weighted by Gasteiger charge is 2.12. The molecular formula is C20H16BrN3O2. The van der Waals surface area contributed by atoms with Gasteiger partial charge in [-0.15, -0.1) is 0 Å². The summed E-state index contributed by atoms with van der Waals surface area (Å²) in [5.41, 5.74) is 2.49. The Kier molecular flexibility index (Phi) is 5.76. The summed E-state index contributed by atoms with van der Waals surface area (Å²) in [6.45, 7) is 0.295. The van der Waals surface area contributed by atoms with E-state index in [-0.39, 0.29) is 11.8 Å². The zero-order valence-electron chi connectivity index (χ0n) is 13.8. The predicted molar refractivity (Wildman–Crippen MR) is 104 cm³/mol. The number of carbonyl (C=O) groups is 2. The van der Waals surface area contributed by atoms with E-state index < -0.39 is 0 Å². The average Bonchev–Trinajstić information content (AvgIpc) is 2.68. The molecule has 0 fully saturated rings. The van der Waals surface area contributed by atoms with Crippen molar-refractivity contribution in [3.63, 3.8) is 0 Å². The molecule has 0 aliphatic carbocycles. The number of benzene rings is 2. The number of nitrogens with zero attached hydrogens (tertiary/aromatic N) is 1. The molecule has 130 valence electrons. The summed E-state index contributed by atoms with van der Waals surface area (Å²) < 4.78 is 0.732. The summed E-state index contributed by atoms with van der Waals surface area (Å²) in [5.74, 6) is -0.437. The third-order valence-corrected chi connectivity index (χ3v) is 4.44. The molecule has 3 rings (SSSR count). The summed E-state index contributed by atoms with van der Waals surface area (Å²) in [7, 11) is 0. The molecule has 2 amide bonds. The summed E-state index contributed by atoms with van der Waals surface area (Å²) >= 11 is 3.37. The standard InChI is InChI=1S/C20H16BrN3O2/c21-17-9-3-2-8-16(17)20(26)23-13-14-6-1-4-10-18(14)24-19(25)15-7-5-11-22-12-15/h1-12H,13H2,(H,23,26)(H,24,25). The molecule has 0 saturated carbocycles. The molecule has 0 radical (unpaired) electrons. The second-order valence-electron chi connectivity index (χ2n) is 5.52. The highest BCUT2D eigenvalue weighted by atomic mass is 79.9. The first-order chi connectivity index (χ1) is 12.6. The lowest BCUT2D eigenvalue weighted by molar-refractivity contribution is 0.0950. The minimum Gasteiger partial charge on any atom is -0.348 e. The number of carbonyl (C=O) groups excluding carboxylic acids is 2. The average molecular weight is 410 g/mol. The number of hydrogen-bond donors (Lipinski definition) is 2. The Morgan fingerprint density at radius 1 is 0.923 bits per heavy atom. The number of hydrogen-bond acceptors (Lipinski definition) is 3. The van der Waals surface area contributed by atoms with Gasteiger partial charge in [-0.05, 0) is 51.8 Å². The van der Waals surface area contributed by atoms with Crippen molar-refractivity contribution in [2.75, 3.05) is 5.32 Å². The summed E-state index contributed by atoms with van der Waals surface area (Å²) in [4.78, 5) is 28.6. The second-order valence-corrected chi connectivity index (χ2v) is 6.37. The quantitative estimate of drug-likeness (QED) is 0.668. The van der Waals surface area contributed by atoms with Gasteiger partial charge < -0.3 is 10.6 Å². The van der Waals surface area contributed by atoms with Crippen LogP contribution >= 0.6 is 15.9 Å². The number of anilines is 1. The van der Waals surface area contributed by atoms with Crippen LogP contribution in [0.5, 0.6) is 0 Å². The highest BCUT2D eigenvalue weighted by molar-refractivity contribution is 9.10. The smallest absolute Gasteiger partial charge is 0.257 e. The van der Waals surface area contributed by atoms with Gasteiger partial charge in [0.1, 0.15) is 0 Å². The van der Waals surface area contributed by atoms with Gasteiger partial charge in [-0.3, -0.25) is 14.6 Å². The SMILES string of the molecule is O=C(Nc1ccccc1CNC(=O)c1ccccc1Br)c1cccnc1. The van der Waals surface area contributed by atoms with Gasteiger partial charge in [0.05, 0.1) is 11.1 Å². The maximum atomic E-state index is 12.4. The number of rotatable bonds is 5. The molecule has 0 spiro atoms. The molecule has 2 N–H and O–H groups in total. The van der Waals surface area contributed by atoms with Crippen LogP contribution in [-0.4, -0.2) is 16.8 Å². The van der Waals surface area contributed by atoms with Gasteiger partial charge in [-0.1, -0.05) is 30.3 Å². The first-order valence-corrected chi connectivity index (χ1v) is 8.76. The van der Waals surface area contributed by atoms with Crippen molar-refractivity contribution in [1.82, 2.24) is 10.3 Å². The molecule has 1 heterocycles. The molecule has 2 aromatic carbocycles.